The van der Waals surface area contributed by atoms with Gasteiger partial charge in [0.15, 0.2) is 0 Å². The fourth-order valence-corrected chi connectivity index (χ4v) is 1.61. The standard InChI is InChI=1S/C11H14ClF/c1-7(2)8(3)11-9(12)5-4-6-10(11)13/h4-8H,1-3H3. The van der Waals surface area contributed by atoms with Crippen molar-refractivity contribution in [3.8, 4) is 0 Å². The van der Waals surface area contributed by atoms with Crippen molar-refractivity contribution in [1.29, 1.82) is 0 Å². The van der Waals surface area contributed by atoms with Crippen molar-refractivity contribution in [1.82, 2.24) is 0 Å². The quantitative estimate of drug-likeness (QED) is 0.670. The van der Waals surface area contributed by atoms with Crippen LogP contribution in [-0.4, -0.2) is 0 Å². The van der Waals surface area contributed by atoms with Crippen LogP contribution in [0.4, 0.5) is 4.39 Å². The van der Waals surface area contributed by atoms with E-state index in [9.17, 15) is 4.39 Å². The summed E-state index contributed by atoms with van der Waals surface area (Å²) in [7, 11) is 0. The Morgan fingerprint density at radius 1 is 1.23 bits per heavy atom. The molecule has 0 saturated heterocycles. The normalized spacial score (nSPS) is 13.4. The molecule has 0 saturated carbocycles. The second-order valence-corrected chi connectivity index (χ2v) is 4.08. The van der Waals surface area contributed by atoms with Crippen LogP contribution in [-0.2, 0) is 0 Å². The number of halogens is 2. The highest BCUT2D eigenvalue weighted by Crippen LogP contribution is 2.31. The maximum Gasteiger partial charge on any atom is 0.128 e. The van der Waals surface area contributed by atoms with E-state index in [-0.39, 0.29) is 11.7 Å². The van der Waals surface area contributed by atoms with Gasteiger partial charge in [0.1, 0.15) is 5.82 Å². The third-order valence-electron chi connectivity index (χ3n) is 2.46. The van der Waals surface area contributed by atoms with Crippen molar-refractivity contribution in [2.45, 2.75) is 26.7 Å². The van der Waals surface area contributed by atoms with Gasteiger partial charge >= 0.3 is 0 Å². The maximum atomic E-state index is 13.4. The van der Waals surface area contributed by atoms with Gasteiger partial charge in [0.05, 0.1) is 0 Å². The van der Waals surface area contributed by atoms with Crippen LogP contribution in [0.5, 0.6) is 0 Å². The van der Waals surface area contributed by atoms with Gasteiger partial charge in [-0.2, -0.15) is 0 Å². The minimum atomic E-state index is -0.200. The molecule has 1 unspecified atom stereocenters. The van der Waals surface area contributed by atoms with E-state index in [0.29, 0.717) is 16.5 Å². The van der Waals surface area contributed by atoms with Crippen molar-refractivity contribution in [3.05, 3.63) is 34.6 Å². The SMILES string of the molecule is CC(C)C(C)c1c(F)cccc1Cl. The van der Waals surface area contributed by atoms with E-state index in [1.165, 1.54) is 6.07 Å². The van der Waals surface area contributed by atoms with E-state index in [0.717, 1.165) is 0 Å². The first-order valence-electron chi connectivity index (χ1n) is 4.48. The van der Waals surface area contributed by atoms with E-state index < -0.39 is 0 Å². The molecule has 0 N–H and O–H groups in total. The molecule has 0 aromatic heterocycles. The zero-order valence-corrected chi connectivity index (χ0v) is 8.90. The lowest BCUT2D eigenvalue weighted by molar-refractivity contribution is 0.502. The Morgan fingerprint density at radius 2 is 1.85 bits per heavy atom. The van der Waals surface area contributed by atoms with Crippen LogP contribution in [0.3, 0.4) is 0 Å². The van der Waals surface area contributed by atoms with E-state index in [1.54, 1.807) is 12.1 Å². The molecule has 0 spiro atoms. The fraction of sp³-hybridized carbons (Fsp3) is 0.455. The Kier molecular flexibility index (Phi) is 3.32. The highest BCUT2D eigenvalue weighted by molar-refractivity contribution is 6.31. The Balaban J connectivity index is 3.12. The number of hydrogen-bond donors (Lipinski definition) is 0. The highest BCUT2D eigenvalue weighted by Gasteiger charge is 2.17. The summed E-state index contributed by atoms with van der Waals surface area (Å²) < 4.78 is 13.4. The second kappa shape index (κ2) is 4.10. The monoisotopic (exact) mass is 200 g/mol. The summed E-state index contributed by atoms with van der Waals surface area (Å²) in [6.45, 7) is 6.12. The summed E-state index contributed by atoms with van der Waals surface area (Å²) in [5.74, 6) is 0.358. The predicted molar refractivity (Wildman–Crippen MR) is 54.7 cm³/mol. The molecule has 2 heteroatoms. The summed E-state index contributed by atoms with van der Waals surface area (Å²) in [6, 6.07) is 4.83. The average Bonchev–Trinajstić information content (AvgIpc) is 2.03. The van der Waals surface area contributed by atoms with Gasteiger partial charge in [0.25, 0.3) is 0 Å². The summed E-state index contributed by atoms with van der Waals surface area (Å²) in [4.78, 5) is 0. The zero-order chi connectivity index (χ0) is 10.0. The number of benzene rings is 1. The lowest BCUT2D eigenvalue weighted by Crippen LogP contribution is -2.05. The molecule has 1 atom stereocenters. The van der Waals surface area contributed by atoms with Gasteiger partial charge in [-0.15, -0.1) is 0 Å². The van der Waals surface area contributed by atoms with Crippen molar-refractivity contribution in [3.63, 3.8) is 0 Å². The second-order valence-electron chi connectivity index (χ2n) is 3.67. The van der Waals surface area contributed by atoms with Crippen molar-refractivity contribution in [2.24, 2.45) is 5.92 Å². The molecule has 1 aromatic carbocycles. The van der Waals surface area contributed by atoms with Crippen LogP contribution < -0.4 is 0 Å². The van der Waals surface area contributed by atoms with Crippen molar-refractivity contribution < 1.29 is 4.39 Å². The number of hydrogen-bond acceptors (Lipinski definition) is 0. The van der Waals surface area contributed by atoms with Crippen LogP contribution in [0.15, 0.2) is 18.2 Å². The molecular weight excluding hydrogens is 187 g/mol. The molecular formula is C11H14ClF. The Hall–Kier alpha value is -0.560. The lowest BCUT2D eigenvalue weighted by Gasteiger charge is -2.17. The van der Waals surface area contributed by atoms with E-state index in [1.807, 2.05) is 6.92 Å². The van der Waals surface area contributed by atoms with Crippen LogP contribution in [0.2, 0.25) is 5.02 Å². The lowest BCUT2D eigenvalue weighted by atomic mass is 9.90. The van der Waals surface area contributed by atoms with Crippen molar-refractivity contribution in [2.75, 3.05) is 0 Å². The molecule has 1 aromatic rings. The van der Waals surface area contributed by atoms with E-state index in [2.05, 4.69) is 13.8 Å². The molecule has 0 heterocycles. The van der Waals surface area contributed by atoms with Crippen LogP contribution in [0, 0.1) is 11.7 Å². The zero-order valence-electron chi connectivity index (χ0n) is 8.14. The average molecular weight is 201 g/mol. The van der Waals surface area contributed by atoms with Gasteiger partial charge < -0.3 is 0 Å². The summed E-state index contributed by atoms with van der Waals surface area (Å²) in [5.41, 5.74) is 0.638. The van der Waals surface area contributed by atoms with Crippen LogP contribution in [0.25, 0.3) is 0 Å². The van der Waals surface area contributed by atoms with E-state index in [4.69, 9.17) is 11.6 Å². The topological polar surface area (TPSA) is 0 Å². The van der Waals surface area contributed by atoms with Gasteiger partial charge in [0.2, 0.25) is 0 Å². The van der Waals surface area contributed by atoms with Crippen molar-refractivity contribution >= 4 is 11.6 Å². The molecule has 0 aliphatic carbocycles. The molecule has 0 aliphatic heterocycles. The Labute approximate surface area is 83.7 Å². The third-order valence-corrected chi connectivity index (χ3v) is 2.78. The molecule has 0 fully saturated rings. The molecule has 0 radical (unpaired) electrons. The predicted octanol–water partition coefficient (Wildman–Crippen LogP) is 4.24. The van der Waals surface area contributed by atoms with Gasteiger partial charge in [0, 0.05) is 10.6 Å². The molecule has 0 amide bonds. The summed E-state index contributed by atoms with van der Waals surface area (Å²) in [5, 5.41) is 0.529. The first-order valence-corrected chi connectivity index (χ1v) is 4.85. The molecule has 0 bridgehead atoms. The fourth-order valence-electron chi connectivity index (χ4n) is 1.28. The Bertz CT molecular complexity index is 274. The summed E-state index contributed by atoms with van der Waals surface area (Å²) >= 11 is 5.93. The minimum Gasteiger partial charge on any atom is -0.207 e. The first-order chi connectivity index (χ1) is 6.04. The number of rotatable bonds is 2. The van der Waals surface area contributed by atoms with Gasteiger partial charge in [-0.25, -0.2) is 4.39 Å². The first kappa shape index (κ1) is 10.5. The minimum absolute atomic E-state index is 0.161. The molecule has 13 heavy (non-hydrogen) atoms. The third kappa shape index (κ3) is 2.22. The molecule has 0 nitrogen and oxygen atoms in total. The highest BCUT2D eigenvalue weighted by atomic mass is 35.5. The largest absolute Gasteiger partial charge is 0.207 e. The maximum absolute atomic E-state index is 13.4. The molecule has 1 rings (SSSR count). The smallest absolute Gasteiger partial charge is 0.128 e. The van der Waals surface area contributed by atoms with E-state index >= 15 is 0 Å². The summed E-state index contributed by atoms with van der Waals surface area (Å²) in [6.07, 6.45) is 0. The van der Waals surface area contributed by atoms with Crippen LogP contribution in [0.1, 0.15) is 32.3 Å². The van der Waals surface area contributed by atoms with Gasteiger partial charge in [-0.1, -0.05) is 38.4 Å². The Morgan fingerprint density at radius 3 is 2.31 bits per heavy atom. The molecule has 0 aliphatic rings. The molecule has 72 valence electrons. The van der Waals surface area contributed by atoms with Crippen LogP contribution >= 0.6 is 11.6 Å². The van der Waals surface area contributed by atoms with Gasteiger partial charge in [-0.3, -0.25) is 0 Å². The van der Waals surface area contributed by atoms with Gasteiger partial charge in [-0.05, 0) is 24.0 Å².